The number of nitriles is 1. The lowest BCUT2D eigenvalue weighted by molar-refractivity contribution is -0.150. The molecule has 18 heavy (non-hydrogen) atoms. The van der Waals surface area contributed by atoms with E-state index in [4.69, 9.17) is 15.1 Å². The molecule has 2 N–H and O–H groups in total. The molecule has 0 saturated carbocycles. The average molecular weight is 266 g/mol. The summed E-state index contributed by atoms with van der Waals surface area (Å²) in [5.74, 6) is -1.46. The molecule has 1 aliphatic heterocycles. The van der Waals surface area contributed by atoms with Gasteiger partial charge in [0.15, 0.2) is 6.10 Å². The third-order valence-electron chi connectivity index (χ3n) is 2.61. The highest BCUT2D eigenvalue weighted by atomic mass is 32.1. The molecular weight excluding hydrogens is 256 g/mol. The Kier molecular flexibility index (Phi) is 3.60. The minimum Gasteiger partial charge on any atom is -0.479 e. The fraction of sp³-hybridized carbons (Fsp3) is 0.364. The SMILES string of the molecule is N#Cc1ccsc1NC(=O)C1CCC(C(=O)O)O1. The first-order chi connectivity index (χ1) is 8.61. The molecule has 1 aliphatic rings. The van der Waals surface area contributed by atoms with E-state index in [1.165, 1.54) is 11.3 Å². The second-order valence-electron chi connectivity index (χ2n) is 3.79. The first-order valence-electron chi connectivity index (χ1n) is 5.28. The van der Waals surface area contributed by atoms with Gasteiger partial charge in [0.25, 0.3) is 5.91 Å². The van der Waals surface area contributed by atoms with Crippen LogP contribution in [0.15, 0.2) is 11.4 Å². The summed E-state index contributed by atoms with van der Waals surface area (Å²) in [5, 5.41) is 22.3. The molecule has 6 nitrogen and oxygen atoms in total. The van der Waals surface area contributed by atoms with Gasteiger partial charge in [0, 0.05) is 0 Å². The summed E-state index contributed by atoms with van der Waals surface area (Å²) in [5.41, 5.74) is 0.390. The van der Waals surface area contributed by atoms with Gasteiger partial charge in [-0.05, 0) is 24.3 Å². The predicted octanol–water partition coefficient (Wildman–Crippen LogP) is 1.19. The van der Waals surface area contributed by atoms with Crippen molar-refractivity contribution in [3.8, 4) is 6.07 Å². The molecular formula is C11H10N2O4S. The number of nitrogens with one attached hydrogen (secondary N) is 1. The highest BCUT2D eigenvalue weighted by molar-refractivity contribution is 7.14. The normalized spacial score (nSPS) is 22.4. The standard InChI is InChI=1S/C11H10N2O4S/c12-5-6-3-4-18-10(6)13-9(14)7-1-2-8(17-7)11(15)16/h3-4,7-8H,1-2H2,(H,13,14)(H,15,16). The van der Waals surface area contributed by atoms with Crippen molar-refractivity contribution in [1.82, 2.24) is 0 Å². The highest BCUT2D eigenvalue weighted by Gasteiger charge is 2.34. The summed E-state index contributed by atoms with van der Waals surface area (Å²) in [6.07, 6.45) is -0.988. The summed E-state index contributed by atoms with van der Waals surface area (Å²) in [6, 6.07) is 3.57. The molecule has 1 saturated heterocycles. The first-order valence-corrected chi connectivity index (χ1v) is 6.16. The molecule has 0 radical (unpaired) electrons. The van der Waals surface area contributed by atoms with E-state index >= 15 is 0 Å². The van der Waals surface area contributed by atoms with Crippen LogP contribution in [-0.4, -0.2) is 29.2 Å². The molecule has 2 unspecified atom stereocenters. The molecule has 0 aromatic carbocycles. The Bertz CT molecular complexity index is 519. The number of nitrogens with zero attached hydrogens (tertiary/aromatic N) is 1. The minimum absolute atomic E-state index is 0.322. The third kappa shape index (κ3) is 2.50. The number of hydrogen-bond donors (Lipinski definition) is 2. The van der Waals surface area contributed by atoms with Crippen LogP contribution in [0.5, 0.6) is 0 Å². The van der Waals surface area contributed by atoms with Gasteiger partial charge in [0.1, 0.15) is 17.2 Å². The van der Waals surface area contributed by atoms with Gasteiger partial charge in [0.2, 0.25) is 0 Å². The summed E-state index contributed by atoms with van der Waals surface area (Å²) < 4.78 is 5.12. The molecule has 0 aliphatic carbocycles. The van der Waals surface area contributed by atoms with Gasteiger partial charge < -0.3 is 15.2 Å². The number of anilines is 1. The zero-order chi connectivity index (χ0) is 13.1. The largest absolute Gasteiger partial charge is 0.479 e. The summed E-state index contributed by atoms with van der Waals surface area (Å²) >= 11 is 1.24. The van der Waals surface area contributed by atoms with Crippen molar-refractivity contribution in [3.05, 3.63) is 17.0 Å². The van der Waals surface area contributed by atoms with Crippen LogP contribution in [0.3, 0.4) is 0 Å². The van der Waals surface area contributed by atoms with E-state index in [0.29, 0.717) is 23.4 Å². The molecule has 2 atom stereocenters. The number of amides is 1. The highest BCUT2D eigenvalue weighted by Crippen LogP contribution is 2.25. The minimum atomic E-state index is -1.06. The Balaban J connectivity index is 1.98. The van der Waals surface area contributed by atoms with Crippen LogP contribution >= 0.6 is 11.3 Å². The van der Waals surface area contributed by atoms with Crippen molar-refractivity contribution < 1.29 is 19.4 Å². The maximum Gasteiger partial charge on any atom is 0.332 e. The van der Waals surface area contributed by atoms with E-state index < -0.39 is 24.1 Å². The fourth-order valence-electron chi connectivity index (χ4n) is 1.70. The average Bonchev–Trinajstić information content (AvgIpc) is 2.96. The molecule has 1 aromatic heterocycles. The van der Waals surface area contributed by atoms with E-state index in [1.54, 1.807) is 11.4 Å². The van der Waals surface area contributed by atoms with Crippen molar-refractivity contribution >= 4 is 28.2 Å². The zero-order valence-corrected chi connectivity index (χ0v) is 10.1. The van der Waals surface area contributed by atoms with Crippen molar-refractivity contribution in [3.63, 3.8) is 0 Å². The van der Waals surface area contributed by atoms with E-state index in [0.717, 1.165) is 0 Å². The molecule has 1 aromatic rings. The Labute approximate surface area is 107 Å². The number of aliphatic carboxylic acids is 1. The molecule has 0 bridgehead atoms. The van der Waals surface area contributed by atoms with E-state index in [1.807, 2.05) is 6.07 Å². The van der Waals surface area contributed by atoms with Crippen LogP contribution in [0.25, 0.3) is 0 Å². The van der Waals surface area contributed by atoms with Crippen LogP contribution in [0, 0.1) is 11.3 Å². The van der Waals surface area contributed by atoms with Crippen LogP contribution in [0.1, 0.15) is 18.4 Å². The van der Waals surface area contributed by atoms with Crippen molar-refractivity contribution in [1.29, 1.82) is 5.26 Å². The Morgan fingerprint density at radius 3 is 2.83 bits per heavy atom. The van der Waals surface area contributed by atoms with Crippen LogP contribution in [0.4, 0.5) is 5.00 Å². The smallest absolute Gasteiger partial charge is 0.332 e. The van der Waals surface area contributed by atoms with Gasteiger partial charge in [0.05, 0.1) is 5.56 Å². The maximum absolute atomic E-state index is 11.8. The quantitative estimate of drug-likeness (QED) is 0.856. The number of rotatable bonds is 3. The van der Waals surface area contributed by atoms with Crippen molar-refractivity contribution in [2.45, 2.75) is 25.0 Å². The zero-order valence-electron chi connectivity index (χ0n) is 9.25. The van der Waals surface area contributed by atoms with Crippen LogP contribution in [0.2, 0.25) is 0 Å². The monoisotopic (exact) mass is 266 g/mol. The fourth-order valence-corrected chi connectivity index (χ4v) is 2.44. The molecule has 1 amide bonds. The summed E-state index contributed by atoms with van der Waals surface area (Å²) in [7, 11) is 0. The first kappa shape index (κ1) is 12.5. The number of carbonyl (C=O) groups excluding carboxylic acids is 1. The lowest BCUT2D eigenvalue weighted by Gasteiger charge is -2.10. The molecule has 7 heteroatoms. The topological polar surface area (TPSA) is 99.4 Å². The molecule has 1 fully saturated rings. The lowest BCUT2D eigenvalue weighted by Crippen LogP contribution is -2.29. The predicted molar refractivity (Wildman–Crippen MR) is 63.2 cm³/mol. The maximum atomic E-state index is 11.8. The Morgan fingerprint density at radius 2 is 2.22 bits per heavy atom. The van der Waals surface area contributed by atoms with Crippen molar-refractivity contribution in [2.75, 3.05) is 5.32 Å². The van der Waals surface area contributed by atoms with Gasteiger partial charge in [-0.2, -0.15) is 5.26 Å². The van der Waals surface area contributed by atoms with E-state index in [-0.39, 0.29) is 0 Å². The van der Waals surface area contributed by atoms with Gasteiger partial charge in [-0.3, -0.25) is 4.79 Å². The second-order valence-corrected chi connectivity index (χ2v) is 4.71. The number of carboxylic acids is 1. The number of carbonyl (C=O) groups is 2. The van der Waals surface area contributed by atoms with E-state index in [9.17, 15) is 9.59 Å². The van der Waals surface area contributed by atoms with Crippen molar-refractivity contribution in [2.24, 2.45) is 0 Å². The summed E-state index contributed by atoms with van der Waals surface area (Å²) in [4.78, 5) is 22.5. The lowest BCUT2D eigenvalue weighted by atomic mass is 10.2. The Morgan fingerprint density at radius 1 is 1.50 bits per heavy atom. The van der Waals surface area contributed by atoms with Gasteiger partial charge in [-0.1, -0.05) is 0 Å². The van der Waals surface area contributed by atoms with Crippen LogP contribution < -0.4 is 5.32 Å². The third-order valence-corrected chi connectivity index (χ3v) is 3.44. The van der Waals surface area contributed by atoms with Gasteiger partial charge in [-0.25, -0.2) is 4.79 Å². The number of hydrogen-bond acceptors (Lipinski definition) is 5. The van der Waals surface area contributed by atoms with Crippen LogP contribution in [-0.2, 0) is 14.3 Å². The second kappa shape index (κ2) is 5.16. The number of thiophene rings is 1. The Hall–Kier alpha value is -1.91. The molecule has 94 valence electrons. The molecule has 2 rings (SSSR count). The van der Waals surface area contributed by atoms with E-state index in [2.05, 4.69) is 5.32 Å². The number of ether oxygens (including phenoxy) is 1. The molecule has 0 spiro atoms. The van der Waals surface area contributed by atoms with Gasteiger partial charge in [-0.15, -0.1) is 11.3 Å². The molecule has 2 heterocycles. The summed E-state index contributed by atoms with van der Waals surface area (Å²) in [6.45, 7) is 0. The van der Waals surface area contributed by atoms with Gasteiger partial charge >= 0.3 is 5.97 Å². The number of carboxylic acid groups (broad SMARTS) is 1.